The molecular formula is C22H32N4O3. The maximum Gasteiger partial charge on any atom is 0.247 e. The van der Waals surface area contributed by atoms with E-state index in [0.717, 1.165) is 55.7 Å². The topological polar surface area (TPSA) is 73.4 Å². The number of carbonyl (C=O) groups excluding carboxylic acids is 1. The maximum absolute atomic E-state index is 13.4. The molecule has 0 radical (unpaired) electrons. The summed E-state index contributed by atoms with van der Waals surface area (Å²) in [6, 6.07) is 0. The second-order valence-corrected chi connectivity index (χ2v) is 8.57. The largest absolute Gasteiger partial charge is 0.440 e. The molecule has 0 saturated heterocycles. The van der Waals surface area contributed by atoms with Gasteiger partial charge < -0.3 is 14.1 Å². The van der Waals surface area contributed by atoms with Crippen molar-refractivity contribution >= 4 is 5.91 Å². The highest BCUT2D eigenvalue weighted by molar-refractivity contribution is 5.83. The van der Waals surface area contributed by atoms with Crippen LogP contribution in [-0.4, -0.2) is 45.3 Å². The van der Waals surface area contributed by atoms with Crippen LogP contribution < -0.4 is 0 Å². The van der Waals surface area contributed by atoms with Crippen molar-refractivity contribution in [3.63, 3.8) is 0 Å². The van der Waals surface area contributed by atoms with Crippen LogP contribution in [0.1, 0.15) is 63.0 Å². The molecule has 1 saturated carbocycles. The lowest BCUT2D eigenvalue weighted by Gasteiger charge is -2.38. The van der Waals surface area contributed by atoms with Gasteiger partial charge in [0, 0.05) is 42.8 Å². The molecule has 29 heavy (non-hydrogen) atoms. The maximum atomic E-state index is 13.4. The Labute approximate surface area is 172 Å². The zero-order chi connectivity index (χ0) is 20.4. The second-order valence-electron chi connectivity index (χ2n) is 8.57. The van der Waals surface area contributed by atoms with Gasteiger partial charge in [0.25, 0.3) is 0 Å². The summed E-state index contributed by atoms with van der Waals surface area (Å²) in [4.78, 5) is 19.8. The van der Waals surface area contributed by atoms with Gasteiger partial charge in [0.15, 0.2) is 5.69 Å². The fourth-order valence-corrected chi connectivity index (χ4v) is 4.71. The molecular weight excluding hydrogens is 368 g/mol. The third kappa shape index (κ3) is 3.97. The number of carbonyl (C=O) groups is 1. The van der Waals surface area contributed by atoms with E-state index in [0.29, 0.717) is 38.1 Å². The summed E-state index contributed by atoms with van der Waals surface area (Å²) in [6.07, 6.45) is 8.05. The van der Waals surface area contributed by atoms with Crippen LogP contribution in [-0.2, 0) is 29.0 Å². The van der Waals surface area contributed by atoms with Gasteiger partial charge >= 0.3 is 0 Å². The molecule has 0 bridgehead atoms. The van der Waals surface area contributed by atoms with E-state index in [4.69, 9.17) is 14.3 Å². The van der Waals surface area contributed by atoms with Crippen molar-refractivity contribution in [1.29, 1.82) is 0 Å². The normalized spacial score (nSPS) is 18.7. The standard InChI is InChI=1S/C22H32N4O3/c1-4-28-13-12-26-18-8-11-25(21(27)22(3)9-6-5-7-10-22)15-17(18)19(24-26)20-23-14-16(2)29-20/h14H,4-13,15H2,1-3H3. The first-order valence-corrected chi connectivity index (χ1v) is 10.9. The first kappa shape index (κ1) is 20.1. The van der Waals surface area contributed by atoms with Gasteiger partial charge in [-0.15, -0.1) is 0 Å². The second kappa shape index (κ2) is 8.30. The highest BCUT2D eigenvalue weighted by Crippen LogP contribution is 2.39. The molecule has 0 unspecified atom stereocenters. The van der Waals surface area contributed by atoms with E-state index >= 15 is 0 Å². The zero-order valence-corrected chi connectivity index (χ0v) is 17.9. The van der Waals surface area contributed by atoms with E-state index in [1.807, 2.05) is 23.4 Å². The highest BCUT2D eigenvalue weighted by Gasteiger charge is 2.39. The van der Waals surface area contributed by atoms with Crippen molar-refractivity contribution in [3.05, 3.63) is 23.2 Å². The number of amides is 1. The Morgan fingerprint density at radius 1 is 1.31 bits per heavy atom. The highest BCUT2D eigenvalue weighted by atomic mass is 16.5. The molecule has 7 nitrogen and oxygen atoms in total. The van der Waals surface area contributed by atoms with Gasteiger partial charge in [-0.2, -0.15) is 5.10 Å². The van der Waals surface area contributed by atoms with Crippen LogP contribution in [0.5, 0.6) is 0 Å². The minimum Gasteiger partial charge on any atom is -0.440 e. The molecule has 1 fully saturated rings. The SMILES string of the molecule is CCOCCn1nc(-c2ncc(C)o2)c2c1CCN(C(=O)C1(C)CCCCC1)C2. The van der Waals surface area contributed by atoms with E-state index in [2.05, 4.69) is 11.9 Å². The fourth-order valence-electron chi connectivity index (χ4n) is 4.71. The minimum absolute atomic E-state index is 0.222. The zero-order valence-electron chi connectivity index (χ0n) is 17.9. The van der Waals surface area contributed by atoms with Crippen LogP contribution in [0.15, 0.2) is 10.6 Å². The molecule has 3 heterocycles. The van der Waals surface area contributed by atoms with E-state index in [1.54, 1.807) is 6.20 Å². The van der Waals surface area contributed by atoms with E-state index < -0.39 is 0 Å². The Balaban J connectivity index is 1.62. The van der Waals surface area contributed by atoms with Crippen LogP contribution in [0, 0.1) is 12.3 Å². The van der Waals surface area contributed by atoms with Crippen molar-refractivity contribution in [1.82, 2.24) is 19.7 Å². The van der Waals surface area contributed by atoms with Gasteiger partial charge in [0.05, 0.1) is 19.3 Å². The van der Waals surface area contributed by atoms with Gasteiger partial charge in [0.2, 0.25) is 11.8 Å². The Hall–Kier alpha value is -2.15. The van der Waals surface area contributed by atoms with Crippen LogP contribution >= 0.6 is 0 Å². The van der Waals surface area contributed by atoms with Crippen molar-refractivity contribution in [2.24, 2.45) is 5.41 Å². The van der Waals surface area contributed by atoms with Gasteiger partial charge in [0.1, 0.15) is 5.76 Å². The van der Waals surface area contributed by atoms with E-state index in [9.17, 15) is 4.79 Å². The summed E-state index contributed by atoms with van der Waals surface area (Å²) < 4.78 is 13.3. The van der Waals surface area contributed by atoms with Crippen molar-refractivity contribution in [2.75, 3.05) is 19.8 Å². The van der Waals surface area contributed by atoms with Crippen LogP contribution in [0.25, 0.3) is 11.6 Å². The number of aromatic nitrogens is 3. The summed E-state index contributed by atoms with van der Waals surface area (Å²) >= 11 is 0. The molecule has 7 heteroatoms. The summed E-state index contributed by atoms with van der Waals surface area (Å²) in [5, 5.41) is 4.81. The quantitative estimate of drug-likeness (QED) is 0.691. The lowest BCUT2D eigenvalue weighted by molar-refractivity contribution is -0.144. The third-order valence-electron chi connectivity index (χ3n) is 6.37. The molecule has 1 amide bonds. The summed E-state index contributed by atoms with van der Waals surface area (Å²) in [5.41, 5.74) is 2.78. The molecule has 1 aliphatic heterocycles. The lowest BCUT2D eigenvalue weighted by Crippen LogP contribution is -2.45. The smallest absolute Gasteiger partial charge is 0.247 e. The number of oxazole rings is 1. The first-order valence-electron chi connectivity index (χ1n) is 10.9. The Bertz CT molecular complexity index is 864. The van der Waals surface area contributed by atoms with Crippen molar-refractivity contribution in [2.45, 2.75) is 72.4 Å². The Morgan fingerprint density at radius 3 is 2.79 bits per heavy atom. The Kier molecular flexibility index (Phi) is 5.76. The molecule has 1 aliphatic carbocycles. The Morgan fingerprint density at radius 2 is 2.10 bits per heavy atom. The van der Waals surface area contributed by atoms with Crippen molar-refractivity contribution < 1.29 is 13.9 Å². The van der Waals surface area contributed by atoms with Gasteiger partial charge in [-0.25, -0.2) is 4.98 Å². The average molecular weight is 401 g/mol. The number of aryl methyl sites for hydroxylation is 1. The van der Waals surface area contributed by atoms with Crippen molar-refractivity contribution in [3.8, 4) is 11.6 Å². The fraction of sp³-hybridized carbons (Fsp3) is 0.682. The number of hydrogen-bond acceptors (Lipinski definition) is 5. The molecule has 4 rings (SSSR count). The monoisotopic (exact) mass is 400 g/mol. The van der Waals surface area contributed by atoms with Crippen LogP contribution in [0.2, 0.25) is 0 Å². The van der Waals surface area contributed by atoms with E-state index in [-0.39, 0.29) is 5.41 Å². The average Bonchev–Trinajstić information content (AvgIpc) is 3.31. The molecule has 0 spiro atoms. The molecule has 2 aromatic rings. The third-order valence-corrected chi connectivity index (χ3v) is 6.37. The summed E-state index contributed by atoms with van der Waals surface area (Å²) in [6.45, 7) is 9.35. The number of rotatable bonds is 6. The van der Waals surface area contributed by atoms with Crippen LogP contribution in [0.4, 0.5) is 0 Å². The molecule has 2 aliphatic rings. The van der Waals surface area contributed by atoms with Gasteiger partial charge in [-0.3, -0.25) is 9.48 Å². The molecule has 0 N–H and O–H groups in total. The lowest BCUT2D eigenvalue weighted by atomic mass is 9.74. The number of fused-ring (bicyclic) bond motifs is 1. The van der Waals surface area contributed by atoms with Gasteiger partial charge in [-0.1, -0.05) is 26.2 Å². The summed E-state index contributed by atoms with van der Waals surface area (Å²) in [5.74, 6) is 1.59. The molecule has 2 aromatic heterocycles. The molecule has 158 valence electrons. The minimum atomic E-state index is -0.222. The van der Waals surface area contributed by atoms with E-state index in [1.165, 1.54) is 12.1 Å². The van der Waals surface area contributed by atoms with Gasteiger partial charge in [-0.05, 0) is 26.7 Å². The number of hydrogen-bond donors (Lipinski definition) is 0. The predicted molar refractivity (Wildman–Crippen MR) is 109 cm³/mol. The molecule has 0 atom stereocenters. The number of ether oxygens (including phenoxy) is 1. The predicted octanol–water partition coefficient (Wildman–Crippen LogP) is 3.74. The van der Waals surface area contributed by atoms with Crippen LogP contribution in [0.3, 0.4) is 0 Å². The molecule has 0 aromatic carbocycles. The summed E-state index contributed by atoms with van der Waals surface area (Å²) in [7, 11) is 0. The first-order chi connectivity index (χ1) is 14.0. The number of nitrogens with zero attached hydrogens (tertiary/aromatic N) is 4.